The zero-order valence-electron chi connectivity index (χ0n) is 5.53. The summed E-state index contributed by atoms with van der Waals surface area (Å²) < 4.78 is 29.0. The lowest BCUT2D eigenvalue weighted by molar-refractivity contribution is 0.598. The van der Waals surface area contributed by atoms with Crippen molar-refractivity contribution >= 4 is 21.6 Å². The van der Waals surface area contributed by atoms with Crippen LogP contribution in [-0.2, 0) is 9.84 Å². The van der Waals surface area contributed by atoms with Crippen LogP contribution in [0.3, 0.4) is 0 Å². The highest BCUT2D eigenvalue weighted by Crippen LogP contribution is 2.10. The van der Waals surface area contributed by atoms with Crippen LogP contribution in [0.2, 0.25) is 0 Å². The van der Waals surface area contributed by atoms with E-state index in [9.17, 15) is 8.42 Å². The van der Waals surface area contributed by atoms with Crippen LogP contribution >= 0.6 is 11.7 Å². The Kier molecular flexibility index (Phi) is 1.74. The fourth-order valence-electron chi connectivity index (χ4n) is 0.560. The Bertz CT molecular complexity index is 327. The Hall–Kier alpha value is -0.490. The fraction of sp³-hybridized carbons (Fsp3) is 0.500. The van der Waals surface area contributed by atoms with Gasteiger partial charge >= 0.3 is 0 Å². The predicted octanol–water partition coefficient (Wildman–Crippen LogP) is 0.250. The van der Waals surface area contributed by atoms with Crippen LogP contribution in [0.1, 0.15) is 5.69 Å². The molecule has 1 rings (SSSR count). The van der Waals surface area contributed by atoms with Crippen molar-refractivity contribution in [2.24, 2.45) is 0 Å². The lowest BCUT2D eigenvalue weighted by Crippen LogP contribution is -1.98. The number of nitrogens with zero attached hydrogens (tertiary/aromatic N) is 2. The molecule has 0 bridgehead atoms. The Balaban J connectivity index is 3.32. The van der Waals surface area contributed by atoms with Crippen molar-refractivity contribution in [1.82, 2.24) is 8.75 Å². The molecule has 0 saturated carbocycles. The quantitative estimate of drug-likeness (QED) is 0.618. The van der Waals surface area contributed by atoms with Crippen LogP contribution in [0.25, 0.3) is 0 Å². The molecule has 4 nitrogen and oxygen atoms in total. The Labute approximate surface area is 63.1 Å². The van der Waals surface area contributed by atoms with Gasteiger partial charge in [-0.1, -0.05) is 0 Å². The number of hydrogen-bond acceptors (Lipinski definition) is 5. The second-order valence-electron chi connectivity index (χ2n) is 1.93. The molecule has 6 heteroatoms. The van der Waals surface area contributed by atoms with E-state index < -0.39 is 9.84 Å². The summed E-state index contributed by atoms with van der Waals surface area (Å²) in [7, 11) is -3.15. The highest BCUT2D eigenvalue weighted by Gasteiger charge is 2.13. The molecule has 10 heavy (non-hydrogen) atoms. The minimum absolute atomic E-state index is 0.0949. The number of hydrogen-bond donors (Lipinski definition) is 0. The van der Waals surface area contributed by atoms with Gasteiger partial charge in [0.1, 0.15) is 0 Å². The predicted molar refractivity (Wildman–Crippen MR) is 37.8 cm³/mol. The summed E-state index contributed by atoms with van der Waals surface area (Å²) in [4.78, 5) is 0. The third-order valence-electron chi connectivity index (χ3n) is 0.962. The minimum Gasteiger partial charge on any atom is -0.222 e. The number of aromatic nitrogens is 2. The molecule has 0 aromatic carbocycles. The van der Waals surface area contributed by atoms with Crippen molar-refractivity contribution in [1.29, 1.82) is 0 Å². The summed E-state index contributed by atoms with van der Waals surface area (Å²) in [5.41, 5.74) is 0.479. The lowest BCUT2D eigenvalue weighted by atomic mass is 10.6. The highest BCUT2D eigenvalue weighted by atomic mass is 32.2. The number of sulfone groups is 1. The van der Waals surface area contributed by atoms with Gasteiger partial charge in [-0.3, -0.25) is 0 Å². The van der Waals surface area contributed by atoms with Gasteiger partial charge in [0, 0.05) is 6.26 Å². The van der Waals surface area contributed by atoms with Gasteiger partial charge in [-0.2, -0.15) is 8.75 Å². The molecule has 0 spiro atoms. The summed E-state index contributed by atoms with van der Waals surface area (Å²) in [6.07, 6.45) is 1.12. The maximum absolute atomic E-state index is 10.8. The summed E-state index contributed by atoms with van der Waals surface area (Å²) in [6, 6.07) is 0. The summed E-state index contributed by atoms with van der Waals surface area (Å²) in [6.45, 7) is 1.62. The monoisotopic (exact) mass is 178 g/mol. The number of rotatable bonds is 1. The molecule has 0 radical (unpaired) electrons. The van der Waals surface area contributed by atoms with E-state index in [2.05, 4.69) is 8.75 Å². The van der Waals surface area contributed by atoms with Gasteiger partial charge in [-0.15, -0.1) is 0 Å². The van der Waals surface area contributed by atoms with Gasteiger partial charge in [0.05, 0.1) is 17.4 Å². The first-order chi connectivity index (χ1) is 4.52. The van der Waals surface area contributed by atoms with Crippen LogP contribution in [0.15, 0.2) is 5.03 Å². The standard InChI is InChI=1S/C4H6N2O2S2/c1-3-4(6-9-5-3)10(2,7)8/h1-2H3. The van der Waals surface area contributed by atoms with E-state index in [1.54, 1.807) is 6.92 Å². The van der Waals surface area contributed by atoms with Crippen LogP contribution in [0, 0.1) is 6.92 Å². The number of aryl methyl sites for hydroxylation is 1. The van der Waals surface area contributed by atoms with Gasteiger partial charge in [-0.05, 0) is 6.92 Å². The molecule has 0 amide bonds. The molecular weight excluding hydrogens is 172 g/mol. The summed E-state index contributed by atoms with van der Waals surface area (Å²) >= 11 is 0.914. The van der Waals surface area contributed by atoms with Crippen molar-refractivity contribution in [2.75, 3.05) is 6.26 Å². The SMILES string of the molecule is Cc1nsnc1S(C)(=O)=O. The van der Waals surface area contributed by atoms with Crippen LogP contribution < -0.4 is 0 Å². The molecule has 0 unspecified atom stereocenters. The molecule has 1 aromatic heterocycles. The normalized spacial score (nSPS) is 11.8. The molecule has 0 aliphatic carbocycles. The zero-order chi connectivity index (χ0) is 7.78. The van der Waals surface area contributed by atoms with E-state index >= 15 is 0 Å². The third kappa shape index (κ3) is 1.32. The van der Waals surface area contributed by atoms with Crippen molar-refractivity contribution in [3.8, 4) is 0 Å². The Morgan fingerprint density at radius 2 is 2.00 bits per heavy atom. The molecule has 1 aromatic rings. The Morgan fingerprint density at radius 3 is 2.20 bits per heavy atom. The first kappa shape index (κ1) is 7.62. The molecule has 0 N–H and O–H groups in total. The van der Waals surface area contributed by atoms with E-state index in [0.29, 0.717) is 5.69 Å². The van der Waals surface area contributed by atoms with Crippen molar-refractivity contribution in [2.45, 2.75) is 11.9 Å². The Morgan fingerprint density at radius 1 is 1.40 bits per heavy atom. The van der Waals surface area contributed by atoms with Gasteiger partial charge in [-0.25, -0.2) is 8.42 Å². The molecule has 1 heterocycles. The van der Waals surface area contributed by atoms with Crippen molar-refractivity contribution < 1.29 is 8.42 Å². The molecular formula is C4H6N2O2S2. The molecule has 0 fully saturated rings. The largest absolute Gasteiger partial charge is 0.222 e. The van der Waals surface area contributed by atoms with Crippen LogP contribution in [0.5, 0.6) is 0 Å². The minimum atomic E-state index is -3.15. The van der Waals surface area contributed by atoms with Gasteiger partial charge < -0.3 is 0 Å². The third-order valence-corrected chi connectivity index (χ3v) is 2.79. The van der Waals surface area contributed by atoms with Crippen molar-refractivity contribution in [3.05, 3.63) is 5.69 Å². The molecule has 0 aliphatic heterocycles. The average molecular weight is 178 g/mol. The van der Waals surface area contributed by atoms with Crippen LogP contribution in [0.4, 0.5) is 0 Å². The fourth-order valence-corrected chi connectivity index (χ4v) is 2.30. The topological polar surface area (TPSA) is 59.9 Å². The maximum atomic E-state index is 10.8. The first-order valence-corrected chi connectivity index (χ1v) is 5.13. The van der Waals surface area contributed by atoms with E-state index in [1.165, 1.54) is 0 Å². The second-order valence-corrected chi connectivity index (χ2v) is 4.39. The lowest BCUT2D eigenvalue weighted by Gasteiger charge is -1.88. The smallest absolute Gasteiger partial charge is 0.195 e. The average Bonchev–Trinajstić information content (AvgIpc) is 2.11. The van der Waals surface area contributed by atoms with Crippen LogP contribution in [-0.4, -0.2) is 23.4 Å². The van der Waals surface area contributed by atoms with E-state index in [0.717, 1.165) is 18.0 Å². The van der Waals surface area contributed by atoms with E-state index in [4.69, 9.17) is 0 Å². The highest BCUT2D eigenvalue weighted by molar-refractivity contribution is 7.90. The molecule has 0 aliphatic rings. The summed E-state index contributed by atoms with van der Waals surface area (Å²) in [5, 5.41) is 0.0949. The molecule has 56 valence electrons. The van der Waals surface area contributed by atoms with E-state index in [-0.39, 0.29) is 5.03 Å². The summed E-state index contributed by atoms with van der Waals surface area (Å²) in [5.74, 6) is 0. The van der Waals surface area contributed by atoms with Crippen molar-refractivity contribution in [3.63, 3.8) is 0 Å². The zero-order valence-corrected chi connectivity index (χ0v) is 7.16. The maximum Gasteiger partial charge on any atom is 0.195 e. The molecule has 0 atom stereocenters. The second kappa shape index (κ2) is 2.28. The van der Waals surface area contributed by atoms with Gasteiger partial charge in [0.15, 0.2) is 14.9 Å². The first-order valence-electron chi connectivity index (χ1n) is 2.51. The van der Waals surface area contributed by atoms with Gasteiger partial charge in [0.25, 0.3) is 0 Å². The van der Waals surface area contributed by atoms with Gasteiger partial charge in [0.2, 0.25) is 0 Å². The molecule has 0 saturated heterocycles. The van der Waals surface area contributed by atoms with E-state index in [1.807, 2.05) is 0 Å².